The van der Waals surface area contributed by atoms with Crippen LogP contribution in [0.25, 0.3) is 65.4 Å². The van der Waals surface area contributed by atoms with Crippen molar-refractivity contribution in [2.24, 2.45) is 5.92 Å². The number of hydrogen-bond acceptors (Lipinski definition) is 2. The number of benzene rings is 6. The van der Waals surface area contributed by atoms with Crippen LogP contribution in [0.15, 0.2) is 165 Å². The summed E-state index contributed by atoms with van der Waals surface area (Å²) in [5.74, 6) is 0.801. The van der Waals surface area contributed by atoms with Gasteiger partial charge in [-0.3, -0.25) is 0 Å². The zero-order valence-corrected chi connectivity index (χ0v) is 27.1. The van der Waals surface area contributed by atoms with Gasteiger partial charge in [0.05, 0.1) is 0 Å². The van der Waals surface area contributed by atoms with Crippen LogP contribution in [0.2, 0.25) is 0 Å². The molecule has 48 heavy (non-hydrogen) atoms. The highest BCUT2D eigenvalue weighted by Gasteiger charge is 2.33. The molecule has 0 saturated carbocycles. The first-order chi connectivity index (χ1) is 23.8. The van der Waals surface area contributed by atoms with Crippen molar-refractivity contribution < 1.29 is 4.42 Å². The predicted octanol–water partition coefficient (Wildman–Crippen LogP) is 13.1. The standard InChI is InChI=1S/C46H30OS/c1-2-10-28-23-30(18-17-27(28)9-1)44-33-12-3-5-14-35(33)45(36-15-6-4-13-34(36)44)31-20-22-43-40(24-31)37-21-19-29-25-42-39(26-38(29)46(37)48-43)32-11-7-8-16-41(32)47-42/h1-22,25-26,28,40H,23-24H2. The average molecular weight is 631 g/mol. The maximum absolute atomic E-state index is 6.24. The summed E-state index contributed by atoms with van der Waals surface area (Å²) in [6, 6.07) is 35.9. The Hall–Kier alpha value is -5.31. The summed E-state index contributed by atoms with van der Waals surface area (Å²) in [7, 11) is 0. The molecule has 0 fully saturated rings. The lowest BCUT2D eigenvalue weighted by atomic mass is 9.77. The lowest BCUT2D eigenvalue weighted by Gasteiger charge is -2.27. The summed E-state index contributed by atoms with van der Waals surface area (Å²) in [5.41, 5.74) is 10.4. The van der Waals surface area contributed by atoms with Crippen molar-refractivity contribution in [1.29, 1.82) is 0 Å². The molecule has 11 rings (SSSR count). The molecule has 2 heteroatoms. The van der Waals surface area contributed by atoms with Gasteiger partial charge in [-0.25, -0.2) is 0 Å². The van der Waals surface area contributed by atoms with Gasteiger partial charge < -0.3 is 4.42 Å². The molecule has 0 radical (unpaired) electrons. The van der Waals surface area contributed by atoms with Crippen molar-refractivity contribution in [2.75, 3.05) is 0 Å². The Morgan fingerprint density at radius 3 is 2.02 bits per heavy atom. The van der Waals surface area contributed by atoms with Crippen LogP contribution < -0.4 is 0 Å². The van der Waals surface area contributed by atoms with Crippen LogP contribution in [-0.4, -0.2) is 0 Å². The van der Waals surface area contributed by atoms with Crippen molar-refractivity contribution in [3.8, 4) is 0 Å². The summed E-state index contributed by atoms with van der Waals surface area (Å²) in [5, 5.41) is 10.4. The first-order valence-corrected chi connectivity index (χ1v) is 17.8. The normalized spacial score (nSPS) is 19.8. The predicted molar refractivity (Wildman–Crippen MR) is 204 cm³/mol. The molecule has 2 heterocycles. The monoisotopic (exact) mass is 630 g/mol. The number of allylic oxidation sites excluding steroid dienone is 12. The Bertz CT molecular complexity index is 2700. The van der Waals surface area contributed by atoms with Gasteiger partial charge in [-0.1, -0.05) is 139 Å². The zero-order valence-electron chi connectivity index (χ0n) is 26.2. The number of para-hydroxylation sites is 1. The third kappa shape index (κ3) is 3.81. The quantitative estimate of drug-likeness (QED) is 0.176. The minimum absolute atomic E-state index is 0.360. The number of rotatable bonds is 2. The van der Waals surface area contributed by atoms with E-state index in [2.05, 4.69) is 140 Å². The summed E-state index contributed by atoms with van der Waals surface area (Å²) < 4.78 is 6.24. The fraction of sp³-hybridized carbons (Fsp3) is 0.0870. The Morgan fingerprint density at radius 2 is 1.25 bits per heavy atom. The second-order valence-corrected chi connectivity index (χ2v) is 14.6. The van der Waals surface area contributed by atoms with Gasteiger partial charge in [0, 0.05) is 27.5 Å². The topological polar surface area (TPSA) is 13.1 Å². The molecule has 2 unspecified atom stereocenters. The molecule has 1 aliphatic heterocycles. The van der Waals surface area contributed by atoms with Gasteiger partial charge in [0.2, 0.25) is 0 Å². The molecule has 1 nitrogen and oxygen atoms in total. The maximum atomic E-state index is 6.24. The fourth-order valence-electron chi connectivity index (χ4n) is 8.75. The Kier molecular flexibility index (Phi) is 5.62. The highest BCUT2D eigenvalue weighted by molar-refractivity contribution is 8.03. The first kappa shape index (κ1) is 26.7. The van der Waals surface area contributed by atoms with E-state index < -0.39 is 0 Å². The molecular formula is C46H30OS. The second-order valence-electron chi connectivity index (χ2n) is 13.5. The van der Waals surface area contributed by atoms with Gasteiger partial charge >= 0.3 is 0 Å². The van der Waals surface area contributed by atoms with Gasteiger partial charge in [-0.05, 0) is 102 Å². The van der Waals surface area contributed by atoms with Crippen LogP contribution in [0.1, 0.15) is 35.4 Å². The molecule has 2 atom stereocenters. The Morgan fingerprint density at radius 1 is 0.562 bits per heavy atom. The molecule has 0 spiro atoms. The third-order valence-electron chi connectivity index (χ3n) is 11.0. The van der Waals surface area contributed by atoms with Crippen molar-refractivity contribution >= 4 is 77.2 Å². The Labute approximate surface area is 282 Å². The van der Waals surface area contributed by atoms with E-state index in [1.54, 1.807) is 0 Å². The van der Waals surface area contributed by atoms with Crippen LogP contribution in [-0.2, 0) is 0 Å². The third-order valence-corrected chi connectivity index (χ3v) is 12.3. The van der Waals surface area contributed by atoms with Crippen LogP contribution in [0, 0.1) is 5.92 Å². The van der Waals surface area contributed by atoms with Gasteiger partial charge in [-0.2, -0.15) is 0 Å². The van der Waals surface area contributed by atoms with Crippen LogP contribution >= 0.6 is 11.8 Å². The summed E-state index contributed by atoms with van der Waals surface area (Å²) in [4.78, 5) is 2.85. The summed E-state index contributed by atoms with van der Waals surface area (Å²) >= 11 is 1.96. The van der Waals surface area contributed by atoms with Crippen LogP contribution in [0.5, 0.6) is 0 Å². The lowest BCUT2D eigenvalue weighted by Crippen LogP contribution is -2.08. The second kappa shape index (κ2) is 10.1. The van der Waals surface area contributed by atoms with Gasteiger partial charge in [0.15, 0.2) is 0 Å². The maximum Gasteiger partial charge on any atom is 0.136 e. The van der Waals surface area contributed by atoms with E-state index >= 15 is 0 Å². The van der Waals surface area contributed by atoms with E-state index in [9.17, 15) is 0 Å². The average Bonchev–Trinajstić information content (AvgIpc) is 3.70. The van der Waals surface area contributed by atoms with Crippen LogP contribution in [0.3, 0.4) is 0 Å². The molecule has 3 aliphatic carbocycles. The SMILES string of the molecule is C1=CC2=CC=C(c3c4ccccc4c(C4=CC=C5Sc6c(ccc7cc8oc9ccccc9c8cc67)C5C4)c4ccccc34)CC2C=C1. The van der Waals surface area contributed by atoms with E-state index in [1.807, 2.05) is 17.8 Å². The highest BCUT2D eigenvalue weighted by Crippen LogP contribution is 2.57. The smallest absolute Gasteiger partial charge is 0.136 e. The number of thioether (sulfide) groups is 1. The van der Waals surface area contributed by atoms with E-state index in [4.69, 9.17) is 4.42 Å². The van der Waals surface area contributed by atoms with E-state index in [0.717, 1.165) is 24.0 Å². The minimum Gasteiger partial charge on any atom is -0.456 e. The first-order valence-electron chi connectivity index (χ1n) is 16.9. The van der Waals surface area contributed by atoms with Crippen molar-refractivity contribution in [3.05, 3.63) is 173 Å². The summed E-state index contributed by atoms with van der Waals surface area (Å²) in [6.45, 7) is 0. The molecule has 4 aliphatic rings. The minimum atomic E-state index is 0.360. The number of hydrogen-bond donors (Lipinski definition) is 0. The van der Waals surface area contributed by atoms with Crippen LogP contribution in [0.4, 0.5) is 0 Å². The molecule has 0 saturated heterocycles. The molecular weight excluding hydrogens is 601 g/mol. The summed E-state index contributed by atoms with van der Waals surface area (Å²) in [6.07, 6.45) is 20.5. The number of fused-ring (bicyclic) bond motifs is 11. The van der Waals surface area contributed by atoms with E-state index in [-0.39, 0.29) is 0 Å². The largest absolute Gasteiger partial charge is 0.456 e. The van der Waals surface area contributed by atoms with E-state index in [0.29, 0.717) is 11.8 Å². The Balaban J connectivity index is 1.06. The van der Waals surface area contributed by atoms with Gasteiger partial charge in [0.25, 0.3) is 0 Å². The lowest BCUT2D eigenvalue weighted by molar-refractivity contribution is 0.669. The van der Waals surface area contributed by atoms with Gasteiger partial charge in [-0.15, -0.1) is 0 Å². The molecule has 0 amide bonds. The molecule has 1 aromatic heterocycles. The van der Waals surface area contributed by atoms with E-state index in [1.165, 1.54) is 86.3 Å². The molecule has 0 bridgehead atoms. The molecule has 7 aromatic rings. The van der Waals surface area contributed by atoms with Crippen molar-refractivity contribution in [2.45, 2.75) is 23.7 Å². The number of furan rings is 1. The van der Waals surface area contributed by atoms with Crippen molar-refractivity contribution in [3.63, 3.8) is 0 Å². The fourth-order valence-corrected chi connectivity index (χ4v) is 10.1. The molecule has 6 aromatic carbocycles. The van der Waals surface area contributed by atoms with Crippen molar-refractivity contribution in [1.82, 2.24) is 0 Å². The highest BCUT2D eigenvalue weighted by atomic mass is 32.2. The molecule has 226 valence electrons. The molecule has 0 N–H and O–H groups in total. The zero-order chi connectivity index (χ0) is 31.3. The van der Waals surface area contributed by atoms with Gasteiger partial charge in [0.1, 0.15) is 11.2 Å².